The van der Waals surface area contributed by atoms with Gasteiger partial charge in [0, 0.05) is 37.5 Å². The average molecular weight is 250 g/mol. The zero-order chi connectivity index (χ0) is 13.2. The summed E-state index contributed by atoms with van der Waals surface area (Å²) >= 11 is 0. The van der Waals surface area contributed by atoms with Crippen molar-refractivity contribution >= 4 is 11.4 Å². The van der Waals surface area contributed by atoms with Gasteiger partial charge in [0.2, 0.25) is 0 Å². The molecule has 2 aromatic carbocycles. The molecular formula is C17H18N2. The molecule has 1 aliphatic rings. The third-order valence-electron chi connectivity index (χ3n) is 3.58. The molecule has 0 aromatic heterocycles. The third kappa shape index (κ3) is 2.26. The summed E-state index contributed by atoms with van der Waals surface area (Å²) in [5, 5.41) is 0. The van der Waals surface area contributed by atoms with Crippen LogP contribution in [0, 0.1) is 0 Å². The van der Waals surface area contributed by atoms with Gasteiger partial charge in [0.25, 0.3) is 0 Å². The lowest BCUT2D eigenvalue weighted by Crippen LogP contribution is -2.14. The molecule has 2 nitrogen and oxygen atoms in total. The van der Waals surface area contributed by atoms with E-state index in [2.05, 4.69) is 67.5 Å². The molecule has 0 radical (unpaired) electrons. The fourth-order valence-electron chi connectivity index (χ4n) is 2.51. The molecule has 3 rings (SSSR count). The molecular weight excluding hydrogens is 232 g/mol. The zero-order valence-corrected chi connectivity index (χ0v) is 11.4. The monoisotopic (exact) mass is 250 g/mol. The summed E-state index contributed by atoms with van der Waals surface area (Å²) < 4.78 is 0. The first-order valence-electron chi connectivity index (χ1n) is 6.66. The molecule has 0 bridgehead atoms. The molecule has 0 atom stereocenters. The Hall–Kier alpha value is -2.09. The Kier molecular flexibility index (Phi) is 3.08. The number of fused-ring (bicyclic) bond motifs is 1. The van der Waals surface area contributed by atoms with Crippen LogP contribution in [0.3, 0.4) is 0 Å². The minimum absolute atomic E-state index is 0.891. The number of hydrogen-bond acceptors (Lipinski definition) is 2. The fraction of sp³-hybridized carbons (Fsp3) is 0.235. The van der Waals surface area contributed by atoms with Crippen molar-refractivity contribution in [2.45, 2.75) is 6.42 Å². The van der Waals surface area contributed by atoms with Gasteiger partial charge in [-0.05, 0) is 24.1 Å². The molecule has 2 heteroatoms. The van der Waals surface area contributed by atoms with Crippen LogP contribution in [0.25, 0.3) is 0 Å². The standard InChI is InChI=1S/C17H18N2/c1-19(2)15-9-7-14(8-10-15)17-16-6-4-3-5-13(16)11-12-18-17/h3-10H,11-12H2,1-2H3. The molecule has 0 amide bonds. The average Bonchev–Trinajstić information content (AvgIpc) is 2.47. The van der Waals surface area contributed by atoms with E-state index < -0.39 is 0 Å². The maximum Gasteiger partial charge on any atom is 0.0721 e. The van der Waals surface area contributed by atoms with Crippen LogP contribution >= 0.6 is 0 Å². The SMILES string of the molecule is CN(C)c1ccc(C2=NCCc3ccccc32)cc1. The van der Waals surface area contributed by atoms with Gasteiger partial charge in [0.05, 0.1) is 5.71 Å². The van der Waals surface area contributed by atoms with Crippen LogP contribution in [-0.2, 0) is 6.42 Å². The maximum absolute atomic E-state index is 4.72. The molecule has 96 valence electrons. The highest BCUT2D eigenvalue weighted by molar-refractivity contribution is 6.14. The van der Waals surface area contributed by atoms with Crippen molar-refractivity contribution in [3.05, 3.63) is 65.2 Å². The van der Waals surface area contributed by atoms with Crippen molar-refractivity contribution < 1.29 is 0 Å². The predicted octanol–water partition coefficient (Wildman–Crippen LogP) is 3.15. The van der Waals surface area contributed by atoms with Crippen molar-refractivity contribution in [1.29, 1.82) is 0 Å². The lowest BCUT2D eigenvalue weighted by atomic mass is 9.93. The highest BCUT2D eigenvalue weighted by Gasteiger charge is 2.14. The Morgan fingerprint density at radius 1 is 0.947 bits per heavy atom. The van der Waals surface area contributed by atoms with Gasteiger partial charge in [-0.25, -0.2) is 0 Å². The lowest BCUT2D eigenvalue weighted by molar-refractivity contribution is 0.944. The zero-order valence-electron chi connectivity index (χ0n) is 11.4. The second kappa shape index (κ2) is 4.88. The summed E-state index contributed by atoms with van der Waals surface area (Å²) in [6.07, 6.45) is 1.05. The summed E-state index contributed by atoms with van der Waals surface area (Å²) in [7, 11) is 4.12. The predicted molar refractivity (Wildman–Crippen MR) is 81.4 cm³/mol. The highest BCUT2D eigenvalue weighted by Crippen LogP contribution is 2.21. The quantitative estimate of drug-likeness (QED) is 0.799. The normalized spacial score (nSPS) is 13.7. The van der Waals surface area contributed by atoms with Crippen molar-refractivity contribution in [2.24, 2.45) is 4.99 Å². The Labute approximate surface area is 114 Å². The number of aliphatic imine (C=N–C) groups is 1. The van der Waals surface area contributed by atoms with Crippen molar-refractivity contribution in [1.82, 2.24) is 0 Å². The van der Waals surface area contributed by atoms with Crippen molar-refractivity contribution in [2.75, 3.05) is 25.5 Å². The molecule has 1 aliphatic heterocycles. The van der Waals surface area contributed by atoms with Crippen LogP contribution in [0.1, 0.15) is 16.7 Å². The van der Waals surface area contributed by atoms with E-state index in [0.717, 1.165) is 18.7 Å². The molecule has 2 aromatic rings. The molecule has 19 heavy (non-hydrogen) atoms. The summed E-state index contributed by atoms with van der Waals surface area (Å²) in [6.45, 7) is 0.891. The Balaban J connectivity index is 2.00. The molecule has 1 heterocycles. The number of nitrogens with zero attached hydrogens (tertiary/aromatic N) is 2. The lowest BCUT2D eigenvalue weighted by Gasteiger charge is -2.18. The van der Waals surface area contributed by atoms with Gasteiger partial charge in [-0.3, -0.25) is 4.99 Å². The Morgan fingerprint density at radius 2 is 1.68 bits per heavy atom. The van der Waals surface area contributed by atoms with E-state index in [1.54, 1.807) is 0 Å². The summed E-state index contributed by atoms with van der Waals surface area (Å²) in [6, 6.07) is 17.2. The molecule has 0 spiro atoms. The van der Waals surface area contributed by atoms with Crippen LogP contribution in [0.15, 0.2) is 53.5 Å². The van der Waals surface area contributed by atoms with Crippen LogP contribution in [0.4, 0.5) is 5.69 Å². The summed E-state index contributed by atoms with van der Waals surface area (Å²) in [4.78, 5) is 6.83. The first kappa shape index (κ1) is 12.0. The molecule has 0 N–H and O–H groups in total. The Morgan fingerprint density at radius 3 is 2.42 bits per heavy atom. The van der Waals surface area contributed by atoms with Gasteiger partial charge in [-0.1, -0.05) is 36.4 Å². The molecule has 0 saturated carbocycles. The number of rotatable bonds is 2. The fourth-order valence-corrected chi connectivity index (χ4v) is 2.51. The first-order valence-corrected chi connectivity index (χ1v) is 6.66. The number of hydrogen-bond donors (Lipinski definition) is 0. The summed E-state index contributed by atoms with van der Waals surface area (Å²) in [5.74, 6) is 0. The van der Waals surface area contributed by atoms with E-state index in [0.29, 0.717) is 0 Å². The van der Waals surface area contributed by atoms with E-state index in [1.807, 2.05) is 0 Å². The van der Waals surface area contributed by atoms with E-state index in [1.165, 1.54) is 22.4 Å². The molecule has 0 unspecified atom stereocenters. The van der Waals surface area contributed by atoms with Crippen LogP contribution in [-0.4, -0.2) is 26.4 Å². The van der Waals surface area contributed by atoms with Crippen molar-refractivity contribution in [3.8, 4) is 0 Å². The van der Waals surface area contributed by atoms with Crippen LogP contribution in [0.2, 0.25) is 0 Å². The van der Waals surface area contributed by atoms with Gasteiger partial charge in [-0.2, -0.15) is 0 Å². The maximum atomic E-state index is 4.72. The number of benzene rings is 2. The largest absolute Gasteiger partial charge is 0.378 e. The van der Waals surface area contributed by atoms with Gasteiger partial charge in [-0.15, -0.1) is 0 Å². The van der Waals surface area contributed by atoms with Gasteiger partial charge in [0.1, 0.15) is 0 Å². The van der Waals surface area contributed by atoms with E-state index in [-0.39, 0.29) is 0 Å². The van der Waals surface area contributed by atoms with Gasteiger partial charge < -0.3 is 4.90 Å². The van der Waals surface area contributed by atoms with E-state index >= 15 is 0 Å². The third-order valence-corrected chi connectivity index (χ3v) is 3.58. The summed E-state index contributed by atoms with van der Waals surface area (Å²) in [5.41, 5.74) is 6.24. The minimum Gasteiger partial charge on any atom is -0.378 e. The molecule has 0 fully saturated rings. The molecule has 0 aliphatic carbocycles. The van der Waals surface area contributed by atoms with Gasteiger partial charge in [0.15, 0.2) is 0 Å². The van der Waals surface area contributed by atoms with E-state index in [4.69, 9.17) is 4.99 Å². The van der Waals surface area contributed by atoms with Gasteiger partial charge >= 0.3 is 0 Å². The minimum atomic E-state index is 0.891. The topological polar surface area (TPSA) is 15.6 Å². The second-order valence-corrected chi connectivity index (χ2v) is 5.08. The smallest absolute Gasteiger partial charge is 0.0721 e. The first-order chi connectivity index (χ1) is 9.25. The van der Waals surface area contributed by atoms with Crippen LogP contribution in [0.5, 0.6) is 0 Å². The van der Waals surface area contributed by atoms with Crippen LogP contribution < -0.4 is 4.90 Å². The highest BCUT2D eigenvalue weighted by atomic mass is 15.1. The van der Waals surface area contributed by atoms with E-state index in [9.17, 15) is 0 Å². The number of anilines is 1. The van der Waals surface area contributed by atoms with Crippen molar-refractivity contribution in [3.63, 3.8) is 0 Å². The molecule has 0 saturated heterocycles. The second-order valence-electron chi connectivity index (χ2n) is 5.08. The Bertz CT molecular complexity index is 609.